The molecule has 134 valence electrons. The normalized spacial score (nSPS) is 12.2. The van der Waals surface area contributed by atoms with E-state index in [0.29, 0.717) is 12.1 Å². The molecule has 1 heterocycles. The van der Waals surface area contributed by atoms with Crippen LogP contribution >= 0.6 is 0 Å². The summed E-state index contributed by atoms with van der Waals surface area (Å²) in [6.45, 7) is 0.365. The first-order valence-electron chi connectivity index (χ1n) is 8.08. The monoisotopic (exact) mass is 354 g/mol. The minimum Gasteiger partial charge on any atom is -0.350 e. The molecule has 0 fully saturated rings. The second-order valence-electron chi connectivity index (χ2n) is 6.05. The van der Waals surface area contributed by atoms with Gasteiger partial charge in [-0.1, -0.05) is 12.1 Å². The molecular formula is C18H19FN6O. The lowest BCUT2D eigenvalue weighted by Crippen LogP contribution is -2.34. The number of nitrogens with one attached hydrogen (secondary N) is 1. The van der Waals surface area contributed by atoms with E-state index in [0.717, 1.165) is 11.3 Å². The molecule has 1 amide bonds. The number of nitrogens with zero attached hydrogens (tertiary/aromatic N) is 5. The molecule has 0 aliphatic carbocycles. The fourth-order valence-corrected chi connectivity index (χ4v) is 2.65. The van der Waals surface area contributed by atoms with E-state index in [4.69, 9.17) is 0 Å². The van der Waals surface area contributed by atoms with Gasteiger partial charge in [0.2, 0.25) is 0 Å². The fourth-order valence-electron chi connectivity index (χ4n) is 2.65. The summed E-state index contributed by atoms with van der Waals surface area (Å²) in [5, 5.41) is 13.9. The first kappa shape index (κ1) is 17.7. The van der Waals surface area contributed by atoms with Crippen LogP contribution in [0.2, 0.25) is 0 Å². The Kier molecular flexibility index (Phi) is 5.33. The first-order valence-corrected chi connectivity index (χ1v) is 8.08. The topological polar surface area (TPSA) is 75.9 Å². The average molecular weight is 354 g/mol. The number of benzene rings is 2. The van der Waals surface area contributed by atoms with Gasteiger partial charge < -0.3 is 10.2 Å². The minimum atomic E-state index is -0.293. The highest BCUT2D eigenvalue weighted by Gasteiger charge is 2.16. The zero-order valence-electron chi connectivity index (χ0n) is 14.5. The Morgan fingerprint density at radius 1 is 1.23 bits per heavy atom. The van der Waals surface area contributed by atoms with Crippen molar-refractivity contribution < 1.29 is 9.18 Å². The van der Waals surface area contributed by atoms with Crippen LogP contribution in [0.25, 0.3) is 5.69 Å². The number of hydrogen-bond acceptors (Lipinski definition) is 5. The van der Waals surface area contributed by atoms with E-state index >= 15 is 0 Å². The van der Waals surface area contributed by atoms with Gasteiger partial charge in [-0.15, -0.1) is 5.10 Å². The predicted octanol–water partition coefficient (Wildman–Crippen LogP) is 1.83. The summed E-state index contributed by atoms with van der Waals surface area (Å²) >= 11 is 0. The molecule has 1 atom stereocenters. The van der Waals surface area contributed by atoms with Crippen molar-refractivity contribution in [3.05, 3.63) is 71.8 Å². The van der Waals surface area contributed by atoms with Crippen LogP contribution in [0.1, 0.15) is 22.0 Å². The Morgan fingerprint density at radius 3 is 2.62 bits per heavy atom. The van der Waals surface area contributed by atoms with Gasteiger partial charge in [-0.3, -0.25) is 4.79 Å². The van der Waals surface area contributed by atoms with Gasteiger partial charge in [-0.05, 0) is 66.5 Å². The van der Waals surface area contributed by atoms with Gasteiger partial charge in [0.25, 0.3) is 5.91 Å². The van der Waals surface area contributed by atoms with Crippen LogP contribution < -0.4 is 5.32 Å². The van der Waals surface area contributed by atoms with Crippen molar-refractivity contribution >= 4 is 5.91 Å². The van der Waals surface area contributed by atoms with Gasteiger partial charge in [-0.2, -0.15) is 0 Å². The number of carbonyl (C=O) groups excluding carboxylic acids is 1. The summed E-state index contributed by atoms with van der Waals surface area (Å²) in [6, 6.07) is 13.2. The molecule has 3 aromatic rings. The molecule has 8 heteroatoms. The summed E-state index contributed by atoms with van der Waals surface area (Å²) in [5.41, 5.74) is 2.10. The number of aromatic nitrogens is 4. The van der Waals surface area contributed by atoms with Crippen LogP contribution in [-0.4, -0.2) is 51.7 Å². The van der Waals surface area contributed by atoms with Crippen LogP contribution in [0.15, 0.2) is 54.9 Å². The molecule has 3 rings (SSSR count). The third kappa shape index (κ3) is 4.09. The highest BCUT2D eigenvalue weighted by Crippen LogP contribution is 2.18. The maximum atomic E-state index is 13.5. The second kappa shape index (κ2) is 7.83. The van der Waals surface area contributed by atoms with Crippen LogP contribution in [-0.2, 0) is 0 Å². The maximum Gasteiger partial charge on any atom is 0.251 e. The van der Waals surface area contributed by atoms with Crippen molar-refractivity contribution in [3.8, 4) is 5.69 Å². The lowest BCUT2D eigenvalue weighted by atomic mass is 10.1. The molecule has 0 saturated carbocycles. The SMILES string of the molecule is CN(C)C(CNC(=O)c1ccc(-n2cnnn2)cc1)c1cccc(F)c1. The summed E-state index contributed by atoms with van der Waals surface area (Å²) in [7, 11) is 3.78. The number of rotatable bonds is 6. The number of likely N-dealkylation sites (N-methyl/N-ethyl adjacent to an activating group) is 1. The Morgan fingerprint density at radius 2 is 2.00 bits per heavy atom. The molecule has 26 heavy (non-hydrogen) atoms. The van der Waals surface area contributed by atoms with Gasteiger partial charge in [-0.25, -0.2) is 9.07 Å². The Balaban J connectivity index is 1.67. The maximum absolute atomic E-state index is 13.5. The van der Waals surface area contributed by atoms with Crippen LogP contribution in [0, 0.1) is 5.82 Å². The van der Waals surface area contributed by atoms with E-state index in [2.05, 4.69) is 20.8 Å². The van der Waals surface area contributed by atoms with E-state index in [1.165, 1.54) is 23.1 Å². The van der Waals surface area contributed by atoms with Crippen molar-refractivity contribution in [2.24, 2.45) is 0 Å². The van der Waals surface area contributed by atoms with E-state index in [-0.39, 0.29) is 17.8 Å². The van der Waals surface area contributed by atoms with Crippen molar-refractivity contribution in [1.29, 1.82) is 0 Å². The molecule has 1 unspecified atom stereocenters. The van der Waals surface area contributed by atoms with E-state index in [1.807, 2.05) is 25.1 Å². The third-order valence-corrected chi connectivity index (χ3v) is 4.06. The van der Waals surface area contributed by atoms with Crippen molar-refractivity contribution in [2.45, 2.75) is 6.04 Å². The zero-order valence-corrected chi connectivity index (χ0v) is 14.5. The zero-order chi connectivity index (χ0) is 18.5. The van der Waals surface area contributed by atoms with Gasteiger partial charge in [0.1, 0.15) is 12.1 Å². The Labute approximate surface area is 150 Å². The predicted molar refractivity (Wildman–Crippen MR) is 94.3 cm³/mol. The van der Waals surface area contributed by atoms with Crippen molar-refractivity contribution in [1.82, 2.24) is 30.4 Å². The Hall–Kier alpha value is -3.13. The van der Waals surface area contributed by atoms with Crippen LogP contribution in [0.5, 0.6) is 0 Å². The lowest BCUT2D eigenvalue weighted by molar-refractivity contribution is 0.0942. The highest BCUT2D eigenvalue weighted by molar-refractivity contribution is 5.94. The first-order chi connectivity index (χ1) is 12.5. The molecule has 7 nitrogen and oxygen atoms in total. The summed E-state index contributed by atoms with van der Waals surface area (Å²) < 4.78 is 15.0. The molecule has 0 spiro atoms. The van der Waals surface area contributed by atoms with Crippen molar-refractivity contribution in [3.63, 3.8) is 0 Å². The molecule has 0 radical (unpaired) electrons. The summed E-state index contributed by atoms with van der Waals surface area (Å²) in [4.78, 5) is 14.4. The average Bonchev–Trinajstić information content (AvgIpc) is 3.16. The van der Waals surface area contributed by atoms with Crippen LogP contribution in [0.4, 0.5) is 4.39 Å². The molecule has 0 bridgehead atoms. The smallest absolute Gasteiger partial charge is 0.251 e. The third-order valence-electron chi connectivity index (χ3n) is 4.06. The standard InChI is InChI=1S/C18H19FN6O/c1-24(2)17(14-4-3-5-15(19)10-14)11-20-18(26)13-6-8-16(9-7-13)25-12-21-22-23-25/h3-10,12,17H,11H2,1-2H3,(H,20,26). The van der Waals surface area contributed by atoms with Gasteiger partial charge >= 0.3 is 0 Å². The number of hydrogen-bond donors (Lipinski definition) is 1. The highest BCUT2D eigenvalue weighted by atomic mass is 19.1. The largest absolute Gasteiger partial charge is 0.350 e. The second-order valence-corrected chi connectivity index (χ2v) is 6.05. The molecule has 1 aromatic heterocycles. The molecule has 0 saturated heterocycles. The minimum absolute atomic E-state index is 0.129. The van der Waals surface area contributed by atoms with Gasteiger partial charge in [0.15, 0.2) is 0 Å². The number of carbonyl (C=O) groups is 1. The molecule has 0 aliphatic rings. The number of tetrazole rings is 1. The van der Waals surface area contributed by atoms with Crippen molar-refractivity contribution in [2.75, 3.05) is 20.6 Å². The number of halogens is 1. The Bertz CT molecular complexity index is 864. The number of amides is 1. The van der Waals surface area contributed by atoms with Gasteiger partial charge in [0, 0.05) is 12.1 Å². The quantitative estimate of drug-likeness (QED) is 0.731. The summed E-state index contributed by atoms with van der Waals surface area (Å²) in [5.74, 6) is -0.490. The van der Waals surface area contributed by atoms with Gasteiger partial charge in [0.05, 0.1) is 11.7 Å². The lowest BCUT2D eigenvalue weighted by Gasteiger charge is -2.25. The van der Waals surface area contributed by atoms with E-state index in [9.17, 15) is 9.18 Å². The molecule has 1 N–H and O–H groups in total. The van der Waals surface area contributed by atoms with E-state index < -0.39 is 0 Å². The fraction of sp³-hybridized carbons (Fsp3) is 0.222. The molecular weight excluding hydrogens is 335 g/mol. The molecule has 2 aromatic carbocycles. The van der Waals surface area contributed by atoms with E-state index in [1.54, 1.807) is 30.3 Å². The van der Waals surface area contributed by atoms with Crippen LogP contribution in [0.3, 0.4) is 0 Å². The summed E-state index contributed by atoms with van der Waals surface area (Å²) in [6.07, 6.45) is 1.48. The molecule has 0 aliphatic heterocycles.